The number of nitrogens with one attached hydrogen (secondary N) is 2. The minimum Gasteiger partial charge on any atom is -0.409 e. The molecule has 0 saturated carbocycles. The number of rotatable bonds is 4. The molecule has 1 aromatic carbocycles. The summed E-state index contributed by atoms with van der Waals surface area (Å²) in [7, 11) is 0. The molecule has 0 saturated heterocycles. The first-order valence-electron chi connectivity index (χ1n) is 5.71. The van der Waals surface area contributed by atoms with Crippen molar-refractivity contribution < 1.29 is 23.9 Å². The van der Waals surface area contributed by atoms with Crippen molar-refractivity contribution in [1.82, 2.24) is 10.3 Å². The Labute approximate surface area is 131 Å². The fourth-order valence-corrected chi connectivity index (χ4v) is 1.75. The number of carbonyl (C=O) groups is 1. The molecule has 0 spiro atoms. The summed E-state index contributed by atoms with van der Waals surface area (Å²) in [6, 6.07) is 4.05. The van der Waals surface area contributed by atoms with E-state index < -0.39 is 11.8 Å². The number of carbonyl (C=O) groups excluding carboxylic acids is 1. The zero-order valence-electron chi connectivity index (χ0n) is 11.0. The van der Waals surface area contributed by atoms with E-state index in [-0.39, 0.29) is 21.8 Å². The first-order chi connectivity index (χ1) is 10.5. The number of nitrogens with zero attached hydrogens (tertiary/aromatic N) is 3. The highest BCUT2D eigenvalue weighted by molar-refractivity contribution is 9.10. The fourth-order valence-electron chi connectivity index (χ4n) is 1.37. The summed E-state index contributed by atoms with van der Waals surface area (Å²) in [5.74, 6) is -1.31. The molecule has 1 heterocycles. The third-order valence-electron chi connectivity index (χ3n) is 2.29. The largest absolute Gasteiger partial charge is 0.409 e. The molecule has 0 radical (unpaired) electrons. The van der Waals surface area contributed by atoms with Crippen LogP contribution in [0.2, 0.25) is 0 Å². The van der Waals surface area contributed by atoms with Crippen LogP contribution in [0.15, 0.2) is 32.5 Å². The quantitative estimate of drug-likeness (QED) is 0.322. The van der Waals surface area contributed by atoms with Crippen molar-refractivity contribution in [3.63, 3.8) is 0 Å². The lowest BCUT2D eigenvalue weighted by atomic mass is 10.3. The van der Waals surface area contributed by atoms with Gasteiger partial charge in [0.2, 0.25) is 17.3 Å². The van der Waals surface area contributed by atoms with Crippen LogP contribution in [-0.4, -0.2) is 27.3 Å². The Morgan fingerprint density at radius 3 is 2.91 bits per heavy atom. The number of hydrogen-bond acceptors (Lipinski definition) is 8. The van der Waals surface area contributed by atoms with Gasteiger partial charge in [-0.2, -0.15) is 5.48 Å². The van der Waals surface area contributed by atoms with Gasteiger partial charge in [0, 0.05) is 12.6 Å². The Bertz CT molecular complexity index is 720. The van der Waals surface area contributed by atoms with Crippen LogP contribution in [0.4, 0.5) is 15.9 Å². The number of aromatic nitrogens is 2. The topological polar surface area (TPSA) is 122 Å². The van der Waals surface area contributed by atoms with Crippen LogP contribution in [-0.2, 0) is 9.63 Å². The SMILES string of the molecule is CC(=O)ONc1nonc1/C(=N/O)Nc1ccc(F)c(Br)c1. The second kappa shape index (κ2) is 6.85. The molecule has 0 amide bonds. The van der Waals surface area contributed by atoms with Gasteiger partial charge in [0.05, 0.1) is 4.47 Å². The average molecular weight is 374 g/mol. The first kappa shape index (κ1) is 15.7. The summed E-state index contributed by atoms with van der Waals surface area (Å²) in [6.07, 6.45) is 0. The normalized spacial score (nSPS) is 11.1. The summed E-state index contributed by atoms with van der Waals surface area (Å²) in [5.41, 5.74) is 2.55. The van der Waals surface area contributed by atoms with Crippen LogP contribution in [0.5, 0.6) is 0 Å². The van der Waals surface area contributed by atoms with E-state index in [1.165, 1.54) is 25.1 Å². The Balaban J connectivity index is 2.20. The van der Waals surface area contributed by atoms with E-state index in [9.17, 15) is 9.18 Å². The van der Waals surface area contributed by atoms with Crippen molar-refractivity contribution in [3.05, 3.63) is 34.2 Å². The fraction of sp³-hybridized carbons (Fsp3) is 0.0909. The molecule has 2 rings (SSSR count). The number of benzene rings is 1. The molecule has 0 aliphatic rings. The number of hydrogen-bond donors (Lipinski definition) is 3. The van der Waals surface area contributed by atoms with Gasteiger partial charge in [-0.15, -0.1) is 0 Å². The first-order valence-corrected chi connectivity index (χ1v) is 6.51. The molecule has 0 atom stereocenters. The summed E-state index contributed by atoms with van der Waals surface area (Å²) in [4.78, 5) is 15.3. The number of oxime groups is 1. The summed E-state index contributed by atoms with van der Waals surface area (Å²) >= 11 is 3.03. The van der Waals surface area contributed by atoms with E-state index in [4.69, 9.17) is 5.21 Å². The van der Waals surface area contributed by atoms with Crippen molar-refractivity contribution in [2.45, 2.75) is 6.92 Å². The standard InChI is InChI=1S/C11H9BrFN5O4/c1-5(19)21-17-11-9(16-22-18-11)10(15-20)14-6-2-3-8(13)7(12)4-6/h2-4,20H,1H3,(H,14,15)(H,17,18). The van der Waals surface area contributed by atoms with Gasteiger partial charge in [-0.3, -0.25) is 4.79 Å². The Kier molecular flexibility index (Phi) is 4.88. The molecule has 22 heavy (non-hydrogen) atoms. The van der Waals surface area contributed by atoms with Crippen molar-refractivity contribution in [2.75, 3.05) is 10.8 Å². The molecule has 0 aliphatic heterocycles. The van der Waals surface area contributed by atoms with Gasteiger partial charge in [-0.05, 0) is 44.4 Å². The van der Waals surface area contributed by atoms with Crippen LogP contribution in [0.25, 0.3) is 0 Å². The molecule has 0 unspecified atom stereocenters. The summed E-state index contributed by atoms with van der Waals surface area (Å²) in [5, 5.41) is 21.8. The predicted octanol–water partition coefficient (Wildman–Crippen LogP) is 2.11. The molecule has 11 heteroatoms. The van der Waals surface area contributed by atoms with E-state index in [1.54, 1.807) is 0 Å². The molecule has 3 N–H and O–H groups in total. The zero-order valence-corrected chi connectivity index (χ0v) is 12.6. The monoisotopic (exact) mass is 373 g/mol. The Morgan fingerprint density at radius 1 is 1.50 bits per heavy atom. The van der Waals surface area contributed by atoms with Crippen molar-refractivity contribution >= 4 is 39.2 Å². The van der Waals surface area contributed by atoms with Crippen molar-refractivity contribution in [1.29, 1.82) is 0 Å². The zero-order chi connectivity index (χ0) is 16.1. The lowest BCUT2D eigenvalue weighted by molar-refractivity contribution is -0.138. The smallest absolute Gasteiger partial charge is 0.329 e. The van der Waals surface area contributed by atoms with Gasteiger partial charge in [-0.1, -0.05) is 5.16 Å². The predicted molar refractivity (Wildman–Crippen MR) is 75.7 cm³/mol. The lowest BCUT2D eigenvalue weighted by Gasteiger charge is -2.08. The maximum Gasteiger partial charge on any atom is 0.329 e. The number of halogens is 2. The van der Waals surface area contributed by atoms with Gasteiger partial charge in [0.15, 0.2) is 0 Å². The van der Waals surface area contributed by atoms with Crippen LogP contribution in [0, 0.1) is 5.82 Å². The molecule has 0 bridgehead atoms. The molecule has 1 aromatic heterocycles. The second-order valence-electron chi connectivity index (χ2n) is 3.86. The highest BCUT2D eigenvalue weighted by atomic mass is 79.9. The van der Waals surface area contributed by atoms with Crippen LogP contribution in [0.3, 0.4) is 0 Å². The molecular formula is C11H9BrFN5O4. The van der Waals surface area contributed by atoms with E-state index >= 15 is 0 Å². The van der Waals surface area contributed by atoms with E-state index in [1.807, 2.05) is 0 Å². The third-order valence-corrected chi connectivity index (χ3v) is 2.89. The van der Waals surface area contributed by atoms with Gasteiger partial charge in [0.25, 0.3) is 0 Å². The van der Waals surface area contributed by atoms with Gasteiger partial charge in [-0.25, -0.2) is 9.02 Å². The highest BCUT2D eigenvalue weighted by Crippen LogP contribution is 2.21. The highest BCUT2D eigenvalue weighted by Gasteiger charge is 2.19. The second-order valence-corrected chi connectivity index (χ2v) is 4.71. The van der Waals surface area contributed by atoms with Crippen molar-refractivity contribution in [3.8, 4) is 0 Å². The van der Waals surface area contributed by atoms with Crippen molar-refractivity contribution in [2.24, 2.45) is 5.16 Å². The van der Waals surface area contributed by atoms with Crippen LogP contribution < -0.4 is 10.8 Å². The minimum absolute atomic E-state index is 0.0517. The minimum atomic E-state index is -0.619. The lowest BCUT2D eigenvalue weighted by Crippen LogP contribution is -2.17. The van der Waals surface area contributed by atoms with E-state index in [2.05, 4.69) is 51.7 Å². The molecule has 0 fully saturated rings. The van der Waals surface area contributed by atoms with Crippen LogP contribution in [0.1, 0.15) is 12.6 Å². The summed E-state index contributed by atoms with van der Waals surface area (Å²) < 4.78 is 17.9. The van der Waals surface area contributed by atoms with E-state index in [0.29, 0.717) is 5.69 Å². The summed E-state index contributed by atoms with van der Waals surface area (Å²) in [6.45, 7) is 1.18. The van der Waals surface area contributed by atoms with Gasteiger partial charge in [0.1, 0.15) is 5.82 Å². The number of amidine groups is 1. The third kappa shape index (κ3) is 3.69. The van der Waals surface area contributed by atoms with Crippen LogP contribution >= 0.6 is 15.9 Å². The van der Waals surface area contributed by atoms with Gasteiger partial charge >= 0.3 is 5.97 Å². The van der Waals surface area contributed by atoms with Gasteiger partial charge < -0.3 is 15.4 Å². The molecule has 2 aromatic rings. The maximum absolute atomic E-state index is 13.2. The molecule has 9 nitrogen and oxygen atoms in total. The Morgan fingerprint density at radius 2 is 2.27 bits per heavy atom. The average Bonchev–Trinajstić information content (AvgIpc) is 2.94. The maximum atomic E-state index is 13.2. The number of anilines is 2. The Hall–Kier alpha value is -2.69. The molecule has 0 aliphatic carbocycles. The molecular weight excluding hydrogens is 365 g/mol. The molecule has 116 valence electrons. The van der Waals surface area contributed by atoms with E-state index in [0.717, 1.165) is 0 Å².